The van der Waals surface area contributed by atoms with Crippen molar-refractivity contribution in [2.45, 2.75) is 33.2 Å². The SMILES string of the molecule is CC(C)C(C)(C)[NH2+]C(=O)c1ccccn1.[Cl-]. The van der Waals surface area contributed by atoms with Gasteiger partial charge in [-0.1, -0.05) is 19.9 Å². The molecule has 0 saturated heterocycles. The molecule has 4 heteroatoms. The molecule has 90 valence electrons. The minimum atomic E-state index is -0.0887. The fourth-order valence-electron chi connectivity index (χ4n) is 1.09. The van der Waals surface area contributed by atoms with E-state index in [-0.39, 0.29) is 23.9 Å². The lowest BCUT2D eigenvalue weighted by molar-refractivity contribution is -0.638. The number of quaternary nitrogens is 1. The Kier molecular flexibility index (Phi) is 5.62. The van der Waals surface area contributed by atoms with Crippen LogP contribution in [0.15, 0.2) is 24.4 Å². The highest BCUT2D eigenvalue weighted by atomic mass is 35.5. The number of hydrogen-bond acceptors (Lipinski definition) is 2. The van der Waals surface area contributed by atoms with Crippen molar-refractivity contribution in [2.75, 3.05) is 0 Å². The largest absolute Gasteiger partial charge is 1.00 e. The Morgan fingerprint density at radius 2 is 2.00 bits per heavy atom. The summed E-state index contributed by atoms with van der Waals surface area (Å²) in [5.74, 6) is 0.444. The summed E-state index contributed by atoms with van der Waals surface area (Å²) >= 11 is 0. The minimum Gasteiger partial charge on any atom is -1.00 e. The smallest absolute Gasteiger partial charge is 0.361 e. The molecule has 0 atom stereocenters. The predicted octanol–water partition coefficient (Wildman–Crippen LogP) is -1.78. The summed E-state index contributed by atoms with van der Waals surface area (Å²) in [6.45, 7) is 8.36. The average molecular weight is 243 g/mol. The highest BCUT2D eigenvalue weighted by Gasteiger charge is 2.30. The molecule has 0 unspecified atom stereocenters. The van der Waals surface area contributed by atoms with Crippen LogP contribution in [-0.4, -0.2) is 16.4 Å². The monoisotopic (exact) mass is 242 g/mol. The van der Waals surface area contributed by atoms with Crippen LogP contribution in [0.5, 0.6) is 0 Å². The molecule has 1 aromatic rings. The number of halogens is 1. The van der Waals surface area contributed by atoms with Crippen molar-refractivity contribution in [3.63, 3.8) is 0 Å². The van der Waals surface area contributed by atoms with E-state index in [1.54, 1.807) is 17.6 Å². The van der Waals surface area contributed by atoms with E-state index in [1.807, 2.05) is 12.1 Å². The van der Waals surface area contributed by atoms with Gasteiger partial charge in [0.2, 0.25) is 0 Å². The minimum absolute atomic E-state index is 0. The van der Waals surface area contributed by atoms with E-state index in [4.69, 9.17) is 0 Å². The quantitative estimate of drug-likeness (QED) is 0.682. The Balaban J connectivity index is 0.00000225. The van der Waals surface area contributed by atoms with Gasteiger partial charge in [0.15, 0.2) is 5.69 Å². The maximum Gasteiger partial charge on any atom is 0.361 e. The number of amides is 1. The zero-order chi connectivity index (χ0) is 11.5. The Hall–Kier alpha value is -0.930. The summed E-state index contributed by atoms with van der Waals surface area (Å²) in [7, 11) is 0. The maximum atomic E-state index is 11.8. The number of pyridine rings is 1. The molecule has 0 radical (unpaired) electrons. The topological polar surface area (TPSA) is 46.6 Å². The average Bonchev–Trinajstić information content (AvgIpc) is 2.18. The Morgan fingerprint density at radius 1 is 1.38 bits per heavy atom. The second-order valence-corrected chi connectivity index (χ2v) is 4.70. The highest BCUT2D eigenvalue weighted by molar-refractivity contribution is 5.84. The van der Waals surface area contributed by atoms with Crippen molar-refractivity contribution < 1.29 is 22.5 Å². The number of aromatic nitrogens is 1. The van der Waals surface area contributed by atoms with Gasteiger partial charge in [0.1, 0.15) is 0 Å². The third kappa shape index (κ3) is 3.91. The van der Waals surface area contributed by atoms with Gasteiger partial charge in [0.25, 0.3) is 0 Å². The Morgan fingerprint density at radius 3 is 2.44 bits per heavy atom. The van der Waals surface area contributed by atoms with Gasteiger partial charge in [0.05, 0.1) is 5.54 Å². The van der Waals surface area contributed by atoms with Gasteiger partial charge in [-0.15, -0.1) is 0 Å². The summed E-state index contributed by atoms with van der Waals surface area (Å²) in [5.41, 5.74) is 0.431. The van der Waals surface area contributed by atoms with Gasteiger partial charge in [-0.05, 0) is 26.0 Å². The zero-order valence-electron chi connectivity index (χ0n) is 10.2. The van der Waals surface area contributed by atoms with E-state index in [1.165, 1.54) is 0 Å². The summed E-state index contributed by atoms with van der Waals surface area (Å²) in [6.07, 6.45) is 1.64. The molecule has 0 aliphatic rings. The fourth-order valence-corrected chi connectivity index (χ4v) is 1.09. The van der Waals surface area contributed by atoms with E-state index < -0.39 is 0 Å². The lowest BCUT2D eigenvalue weighted by Gasteiger charge is -2.25. The number of rotatable bonds is 3. The predicted molar refractivity (Wildman–Crippen MR) is 59.4 cm³/mol. The highest BCUT2D eigenvalue weighted by Crippen LogP contribution is 2.09. The van der Waals surface area contributed by atoms with E-state index in [2.05, 4.69) is 32.7 Å². The van der Waals surface area contributed by atoms with Crippen molar-refractivity contribution in [2.24, 2.45) is 5.92 Å². The van der Waals surface area contributed by atoms with E-state index in [9.17, 15) is 4.79 Å². The molecule has 0 aromatic carbocycles. The molecule has 0 saturated carbocycles. The number of primary amides is 1. The van der Waals surface area contributed by atoms with Crippen LogP contribution in [0.25, 0.3) is 0 Å². The molecule has 1 amide bonds. The van der Waals surface area contributed by atoms with Crippen LogP contribution in [0.4, 0.5) is 0 Å². The van der Waals surface area contributed by atoms with Gasteiger partial charge in [-0.2, -0.15) is 0 Å². The molecule has 0 aliphatic carbocycles. The molecule has 1 aromatic heterocycles. The molecule has 2 N–H and O–H groups in total. The number of hydrogen-bond donors (Lipinski definition) is 1. The van der Waals surface area contributed by atoms with Gasteiger partial charge in [-0.25, -0.2) is 9.78 Å². The summed E-state index contributed by atoms with van der Waals surface area (Å²) in [6, 6.07) is 5.38. The molecule has 0 fully saturated rings. The normalized spacial score (nSPS) is 11.1. The van der Waals surface area contributed by atoms with Crippen LogP contribution in [0, 0.1) is 5.92 Å². The van der Waals surface area contributed by atoms with Crippen LogP contribution in [0.1, 0.15) is 38.2 Å². The molecule has 1 rings (SSSR count). The van der Waals surface area contributed by atoms with Crippen LogP contribution in [0.2, 0.25) is 0 Å². The summed E-state index contributed by atoms with van der Waals surface area (Å²) in [4.78, 5) is 15.9. The van der Waals surface area contributed by atoms with Crippen LogP contribution >= 0.6 is 0 Å². The molecule has 0 spiro atoms. The van der Waals surface area contributed by atoms with Crippen molar-refractivity contribution >= 4 is 5.91 Å². The summed E-state index contributed by atoms with van der Waals surface area (Å²) < 4.78 is 0. The van der Waals surface area contributed by atoms with E-state index in [0.29, 0.717) is 11.6 Å². The summed E-state index contributed by atoms with van der Waals surface area (Å²) in [5, 5.41) is 1.76. The number of nitrogens with zero attached hydrogens (tertiary/aromatic N) is 1. The maximum absolute atomic E-state index is 11.8. The molecule has 0 aliphatic heterocycles. The molecule has 3 nitrogen and oxygen atoms in total. The first-order valence-electron chi connectivity index (χ1n) is 5.25. The number of carbonyl (C=O) groups excluding carboxylic acids is 1. The van der Waals surface area contributed by atoms with Gasteiger partial charge >= 0.3 is 5.91 Å². The van der Waals surface area contributed by atoms with Crippen molar-refractivity contribution in [1.29, 1.82) is 0 Å². The van der Waals surface area contributed by atoms with Crippen LogP contribution in [0.3, 0.4) is 0 Å². The number of nitrogens with two attached hydrogens (primary N) is 1. The first-order valence-corrected chi connectivity index (χ1v) is 5.25. The van der Waals surface area contributed by atoms with Gasteiger partial charge in [-0.3, -0.25) is 5.32 Å². The zero-order valence-corrected chi connectivity index (χ0v) is 11.0. The standard InChI is InChI=1S/C12H18N2O.ClH/c1-9(2)12(3,4)14-11(15)10-7-5-6-8-13-10;/h5-9H,1-4H3,(H,14,15);1H. The molecular formula is C12H19ClN2O. The van der Waals surface area contributed by atoms with Crippen molar-refractivity contribution in [3.05, 3.63) is 30.1 Å². The third-order valence-electron chi connectivity index (χ3n) is 2.91. The van der Waals surface area contributed by atoms with Crippen molar-refractivity contribution in [3.8, 4) is 0 Å². The van der Waals surface area contributed by atoms with Gasteiger partial charge < -0.3 is 12.4 Å². The van der Waals surface area contributed by atoms with Gasteiger partial charge in [0, 0.05) is 12.1 Å². The van der Waals surface area contributed by atoms with Crippen molar-refractivity contribution in [1.82, 2.24) is 4.98 Å². The molecule has 16 heavy (non-hydrogen) atoms. The van der Waals surface area contributed by atoms with E-state index in [0.717, 1.165) is 0 Å². The fraction of sp³-hybridized carbons (Fsp3) is 0.500. The first-order chi connectivity index (χ1) is 6.93. The second-order valence-electron chi connectivity index (χ2n) is 4.70. The lowest BCUT2D eigenvalue weighted by atomic mass is 9.90. The number of carbonyl (C=O) groups is 1. The molecular weight excluding hydrogens is 224 g/mol. The first kappa shape index (κ1) is 15.1. The second kappa shape index (κ2) is 5.97. The molecule has 0 bridgehead atoms. The lowest BCUT2D eigenvalue weighted by Crippen LogP contribution is -3.00. The van der Waals surface area contributed by atoms with E-state index >= 15 is 0 Å². The Labute approximate surface area is 103 Å². The van der Waals surface area contributed by atoms with Crippen LogP contribution in [-0.2, 0) is 0 Å². The Bertz CT molecular complexity index is 336. The third-order valence-corrected chi connectivity index (χ3v) is 2.91. The molecule has 1 heterocycles. The van der Waals surface area contributed by atoms with Crippen LogP contribution < -0.4 is 17.7 Å².